The Morgan fingerprint density at radius 2 is 1.74 bits per heavy atom. The molecule has 4 rings (SSSR count). The maximum Gasteiger partial charge on any atom is 0.262 e. The Labute approximate surface area is 159 Å². The zero-order chi connectivity index (χ0) is 18.5. The van der Waals surface area contributed by atoms with Crippen LogP contribution in [0.2, 0.25) is 0 Å². The fourth-order valence-corrected chi connectivity index (χ4v) is 3.32. The maximum atomic E-state index is 12.1. The molecule has 0 saturated carbocycles. The average Bonchev–Trinajstić information content (AvgIpc) is 2.73. The summed E-state index contributed by atoms with van der Waals surface area (Å²) in [6.07, 6.45) is 6.64. The summed E-state index contributed by atoms with van der Waals surface area (Å²) >= 11 is 0. The van der Waals surface area contributed by atoms with Gasteiger partial charge in [-0.3, -0.25) is 4.79 Å². The van der Waals surface area contributed by atoms with E-state index in [0.717, 1.165) is 24.1 Å². The highest BCUT2D eigenvalue weighted by Gasteiger charge is 2.10. The molecule has 0 aromatic heterocycles. The minimum Gasteiger partial charge on any atom is -0.484 e. The van der Waals surface area contributed by atoms with Gasteiger partial charge in [0.25, 0.3) is 5.91 Å². The van der Waals surface area contributed by atoms with Crippen LogP contribution < -0.4 is 10.1 Å². The molecule has 134 valence electrons. The van der Waals surface area contributed by atoms with Gasteiger partial charge < -0.3 is 10.1 Å². The minimum atomic E-state index is -0.174. The summed E-state index contributed by atoms with van der Waals surface area (Å²) in [5.74, 6) is 0.511. The molecule has 0 heterocycles. The molecule has 1 N–H and O–H groups in total. The Kier molecular flexibility index (Phi) is 5.01. The van der Waals surface area contributed by atoms with Crippen LogP contribution in [0.4, 0.5) is 5.69 Å². The SMILES string of the molecule is O=C(COc1ccccc1)Nc1ccc(-c2cccc3c2C=CCC3)cc1. The molecule has 3 nitrogen and oxygen atoms in total. The van der Waals surface area contributed by atoms with Crippen LogP contribution in [0.25, 0.3) is 17.2 Å². The third-order valence-electron chi connectivity index (χ3n) is 4.65. The molecule has 3 aromatic rings. The molecule has 27 heavy (non-hydrogen) atoms. The Balaban J connectivity index is 1.42. The Morgan fingerprint density at radius 1 is 0.926 bits per heavy atom. The number of rotatable bonds is 5. The molecule has 0 radical (unpaired) electrons. The predicted octanol–water partition coefficient (Wildman–Crippen LogP) is 5.33. The number of amides is 1. The molecule has 3 aromatic carbocycles. The van der Waals surface area contributed by atoms with Crippen LogP contribution in [0.1, 0.15) is 17.5 Å². The number of allylic oxidation sites excluding steroid dienone is 1. The summed E-state index contributed by atoms with van der Waals surface area (Å²) in [6.45, 7) is -0.0112. The summed E-state index contributed by atoms with van der Waals surface area (Å²) < 4.78 is 5.48. The number of ether oxygens (including phenoxy) is 1. The van der Waals surface area contributed by atoms with Crippen molar-refractivity contribution in [1.82, 2.24) is 0 Å². The van der Waals surface area contributed by atoms with Crippen LogP contribution >= 0.6 is 0 Å². The van der Waals surface area contributed by atoms with Crippen LogP contribution in [0.15, 0.2) is 78.9 Å². The van der Waals surface area contributed by atoms with Gasteiger partial charge in [-0.1, -0.05) is 60.7 Å². The van der Waals surface area contributed by atoms with Crippen molar-refractivity contribution in [3.8, 4) is 16.9 Å². The molecule has 0 atom stereocenters. The molecule has 1 aliphatic carbocycles. The van der Waals surface area contributed by atoms with Crippen molar-refractivity contribution in [3.05, 3.63) is 90.0 Å². The van der Waals surface area contributed by atoms with Crippen molar-refractivity contribution in [2.45, 2.75) is 12.8 Å². The number of anilines is 1. The number of hydrogen-bond donors (Lipinski definition) is 1. The molecular formula is C24H21NO2. The summed E-state index contributed by atoms with van der Waals surface area (Å²) in [7, 11) is 0. The van der Waals surface area contributed by atoms with Gasteiger partial charge in [-0.15, -0.1) is 0 Å². The van der Waals surface area contributed by atoms with Crippen molar-refractivity contribution in [2.24, 2.45) is 0 Å². The van der Waals surface area contributed by atoms with Crippen molar-refractivity contribution in [3.63, 3.8) is 0 Å². The number of carbonyl (C=O) groups excluding carboxylic acids is 1. The molecule has 0 unspecified atom stereocenters. The lowest BCUT2D eigenvalue weighted by atomic mass is 9.90. The van der Waals surface area contributed by atoms with Gasteiger partial charge in [0.05, 0.1) is 0 Å². The highest BCUT2D eigenvalue weighted by molar-refractivity contribution is 5.92. The Bertz CT molecular complexity index is 959. The molecule has 3 heteroatoms. The van der Waals surface area contributed by atoms with Crippen molar-refractivity contribution >= 4 is 17.7 Å². The van der Waals surface area contributed by atoms with Crippen molar-refractivity contribution in [1.29, 1.82) is 0 Å². The van der Waals surface area contributed by atoms with E-state index in [1.54, 1.807) is 0 Å². The van der Waals surface area contributed by atoms with E-state index >= 15 is 0 Å². The monoisotopic (exact) mass is 355 g/mol. The largest absolute Gasteiger partial charge is 0.484 e. The number of aryl methyl sites for hydroxylation is 1. The first-order valence-corrected chi connectivity index (χ1v) is 9.16. The standard InChI is InChI=1S/C24H21NO2/c26-24(17-27-21-9-2-1-3-10-21)25-20-15-13-19(14-16-20)23-12-6-8-18-7-4-5-11-22(18)23/h1-3,5-6,8-16H,4,7,17H2,(H,25,26). The predicted molar refractivity (Wildman–Crippen MR) is 110 cm³/mol. The van der Waals surface area contributed by atoms with E-state index in [1.807, 2.05) is 54.6 Å². The number of fused-ring (bicyclic) bond motifs is 1. The normalized spacial score (nSPS) is 12.3. The molecule has 1 aliphatic rings. The zero-order valence-corrected chi connectivity index (χ0v) is 15.0. The quantitative estimate of drug-likeness (QED) is 0.672. The molecule has 0 bridgehead atoms. The first-order valence-electron chi connectivity index (χ1n) is 9.16. The summed E-state index contributed by atoms with van der Waals surface area (Å²) in [5, 5.41) is 2.88. The second-order valence-corrected chi connectivity index (χ2v) is 6.55. The highest BCUT2D eigenvalue weighted by atomic mass is 16.5. The maximum absolute atomic E-state index is 12.1. The smallest absolute Gasteiger partial charge is 0.262 e. The van der Waals surface area contributed by atoms with E-state index in [-0.39, 0.29) is 12.5 Å². The summed E-state index contributed by atoms with van der Waals surface area (Å²) in [4.78, 5) is 12.1. The molecule has 0 saturated heterocycles. The van der Waals surface area contributed by atoms with E-state index in [4.69, 9.17) is 4.74 Å². The lowest BCUT2D eigenvalue weighted by molar-refractivity contribution is -0.118. The third kappa shape index (κ3) is 4.09. The van der Waals surface area contributed by atoms with E-state index in [9.17, 15) is 4.79 Å². The fraction of sp³-hybridized carbons (Fsp3) is 0.125. The van der Waals surface area contributed by atoms with Gasteiger partial charge in [0.15, 0.2) is 6.61 Å². The number of hydrogen-bond acceptors (Lipinski definition) is 2. The van der Waals surface area contributed by atoms with Crippen LogP contribution in [0, 0.1) is 0 Å². The molecule has 1 amide bonds. The zero-order valence-electron chi connectivity index (χ0n) is 15.0. The third-order valence-corrected chi connectivity index (χ3v) is 4.65. The lowest BCUT2D eigenvalue weighted by Crippen LogP contribution is -2.20. The van der Waals surface area contributed by atoms with Crippen LogP contribution in [0.5, 0.6) is 5.75 Å². The highest BCUT2D eigenvalue weighted by Crippen LogP contribution is 2.31. The molecular weight excluding hydrogens is 334 g/mol. The van der Waals surface area contributed by atoms with Crippen molar-refractivity contribution < 1.29 is 9.53 Å². The topological polar surface area (TPSA) is 38.3 Å². The number of nitrogens with one attached hydrogen (secondary N) is 1. The molecule has 0 aliphatic heterocycles. The fourth-order valence-electron chi connectivity index (χ4n) is 3.32. The van der Waals surface area contributed by atoms with Gasteiger partial charge in [-0.2, -0.15) is 0 Å². The lowest BCUT2D eigenvalue weighted by Gasteiger charge is -2.15. The number of benzene rings is 3. The second kappa shape index (κ2) is 7.92. The van der Waals surface area contributed by atoms with Gasteiger partial charge >= 0.3 is 0 Å². The van der Waals surface area contributed by atoms with E-state index in [1.165, 1.54) is 16.7 Å². The Hall–Kier alpha value is -3.33. The first-order chi connectivity index (χ1) is 13.3. The van der Waals surface area contributed by atoms with Crippen LogP contribution in [0.3, 0.4) is 0 Å². The van der Waals surface area contributed by atoms with E-state index in [0.29, 0.717) is 5.75 Å². The van der Waals surface area contributed by atoms with Gasteiger partial charge in [-0.05, 0) is 59.4 Å². The van der Waals surface area contributed by atoms with Gasteiger partial charge in [0, 0.05) is 5.69 Å². The Morgan fingerprint density at radius 3 is 2.56 bits per heavy atom. The van der Waals surface area contributed by atoms with E-state index in [2.05, 4.69) is 35.7 Å². The minimum absolute atomic E-state index is 0.0112. The number of para-hydroxylation sites is 1. The van der Waals surface area contributed by atoms with Crippen molar-refractivity contribution in [2.75, 3.05) is 11.9 Å². The molecule has 0 spiro atoms. The second-order valence-electron chi connectivity index (χ2n) is 6.55. The van der Waals surface area contributed by atoms with Crippen LogP contribution in [-0.4, -0.2) is 12.5 Å². The number of carbonyl (C=O) groups is 1. The van der Waals surface area contributed by atoms with Crippen LogP contribution in [-0.2, 0) is 11.2 Å². The average molecular weight is 355 g/mol. The van der Waals surface area contributed by atoms with Gasteiger partial charge in [0.2, 0.25) is 0 Å². The van der Waals surface area contributed by atoms with Gasteiger partial charge in [-0.25, -0.2) is 0 Å². The van der Waals surface area contributed by atoms with E-state index < -0.39 is 0 Å². The first kappa shape index (κ1) is 17.1. The van der Waals surface area contributed by atoms with Gasteiger partial charge in [0.1, 0.15) is 5.75 Å². The summed E-state index contributed by atoms with van der Waals surface area (Å²) in [5.41, 5.74) is 5.84. The summed E-state index contributed by atoms with van der Waals surface area (Å²) in [6, 6.07) is 23.7. The molecule has 0 fully saturated rings.